The van der Waals surface area contributed by atoms with Crippen molar-refractivity contribution in [2.24, 2.45) is 11.7 Å². The zero-order valence-corrected chi connectivity index (χ0v) is 23.1. The minimum absolute atomic E-state index is 0.141. The van der Waals surface area contributed by atoms with Crippen LogP contribution in [0.2, 0.25) is 0 Å². The number of benzene rings is 2. The molecule has 0 spiro atoms. The van der Waals surface area contributed by atoms with Crippen LogP contribution >= 0.6 is 0 Å². The Morgan fingerprint density at radius 2 is 1.74 bits per heavy atom. The van der Waals surface area contributed by atoms with Gasteiger partial charge >= 0.3 is 0 Å². The van der Waals surface area contributed by atoms with Gasteiger partial charge in [-0.05, 0) is 50.6 Å². The number of halogens is 3. The molecular formula is C30H33F3N8O. The number of nitrogens with zero attached hydrogens (tertiary/aromatic N) is 5. The molecule has 6 rings (SSSR count). The molecule has 1 saturated carbocycles. The van der Waals surface area contributed by atoms with Crippen molar-refractivity contribution in [3.8, 4) is 0 Å². The highest BCUT2D eigenvalue weighted by Crippen LogP contribution is 2.37. The Labute approximate surface area is 241 Å². The number of aromatic nitrogens is 4. The molecule has 1 saturated heterocycles. The number of anilines is 3. The first-order valence-corrected chi connectivity index (χ1v) is 14.3. The van der Waals surface area contributed by atoms with Gasteiger partial charge in [0.15, 0.2) is 17.3 Å². The van der Waals surface area contributed by atoms with Crippen molar-refractivity contribution in [2.45, 2.75) is 57.2 Å². The third-order valence-electron chi connectivity index (χ3n) is 8.23. The molecule has 9 nitrogen and oxygen atoms in total. The van der Waals surface area contributed by atoms with Gasteiger partial charge in [0, 0.05) is 43.2 Å². The summed E-state index contributed by atoms with van der Waals surface area (Å²) >= 11 is 0. The van der Waals surface area contributed by atoms with Crippen molar-refractivity contribution in [1.82, 2.24) is 24.4 Å². The molecule has 3 heterocycles. The highest BCUT2D eigenvalue weighted by Gasteiger charge is 2.30. The zero-order chi connectivity index (χ0) is 29.2. The fourth-order valence-electron chi connectivity index (χ4n) is 6.13. The quantitative estimate of drug-likeness (QED) is 0.261. The van der Waals surface area contributed by atoms with Crippen LogP contribution in [0, 0.1) is 23.4 Å². The fourth-order valence-corrected chi connectivity index (χ4v) is 6.13. The Bertz CT molecular complexity index is 1550. The van der Waals surface area contributed by atoms with Gasteiger partial charge in [-0.15, -0.1) is 0 Å². The second kappa shape index (κ2) is 12.0. The summed E-state index contributed by atoms with van der Waals surface area (Å²) in [7, 11) is 0. The predicted octanol–water partition coefficient (Wildman–Crippen LogP) is 5.28. The maximum Gasteiger partial charge on any atom is 0.225 e. The summed E-state index contributed by atoms with van der Waals surface area (Å²) in [6.07, 6.45) is 5.96. The molecule has 12 heteroatoms. The third-order valence-corrected chi connectivity index (χ3v) is 8.23. The van der Waals surface area contributed by atoms with Crippen LogP contribution in [0.15, 0.2) is 48.7 Å². The van der Waals surface area contributed by atoms with Crippen LogP contribution in [0.25, 0.3) is 11.2 Å². The molecule has 1 atom stereocenters. The largest absolute Gasteiger partial charge is 0.369 e. The van der Waals surface area contributed by atoms with Crippen molar-refractivity contribution in [3.63, 3.8) is 0 Å². The summed E-state index contributed by atoms with van der Waals surface area (Å²) in [6.45, 7) is 2.72. The first-order chi connectivity index (χ1) is 20.3. The fraction of sp³-hybridized carbons (Fsp3) is 0.400. The van der Waals surface area contributed by atoms with Crippen LogP contribution in [0.1, 0.15) is 50.1 Å². The molecule has 0 radical (unpaired) electrons. The van der Waals surface area contributed by atoms with Crippen LogP contribution < -0.4 is 16.4 Å². The maximum absolute atomic E-state index is 14.6. The topological polar surface area (TPSA) is 114 Å². The lowest BCUT2D eigenvalue weighted by molar-refractivity contribution is -0.122. The van der Waals surface area contributed by atoms with E-state index in [1.54, 1.807) is 6.20 Å². The minimum Gasteiger partial charge on any atom is -0.369 e. The molecule has 2 fully saturated rings. The zero-order valence-electron chi connectivity index (χ0n) is 23.1. The highest BCUT2D eigenvalue weighted by molar-refractivity contribution is 5.78. The second-order valence-corrected chi connectivity index (χ2v) is 11.2. The molecule has 220 valence electrons. The van der Waals surface area contributed by atoms with E-state index >= 15 is 0 Å². The van der Waals surface area contributed by atoms with E-state index in [-0.39, 0.29) is 29.9 Å². The van der Waals surface area contributed by atoms with E-state index in [0.29, 0.717) is 54.9 Å². The van der Waals surface area contributed by atoms with Gasteiger partial charge < -0.3 is 16.4 Å². The second-order valence-electron chi connectivity index (χ2n) is 11.2. The molecule has 2 aromatic carbocycles. The number of nitrogens with two attached hydrogens (primary N) is 1. The molecule has 1 amide bonds. The molecule has 42 heavy (non-hydrogen) atoms. The standard InChI is InChI=1S/C30H33F3N8O/c31-20-13-23(32)26(24(33)14-20)38-30-37-25-15-35-29(39-28(25)41(30)22-10-8-19(9-11-22)27(34)42)36-21-7-4-12-40(17-21)16-18-5-2-1-3-6-18/h1-3,5-6,13-15,19,21-22H,4,7-12,16-17H2,(H2,34,42)(H,37,38)(H,35,36,39)/t19?,21-,22?/m1/s1. The van der Waals surface area contributed by atoms with E-state index in [1.807, 2.05) is 22.8 Å². The van der Waals surface area contributed by atoms with Gasteiger partial charge in [0.25, 0.3) is 0 Å². The average molecular weight is 579 g/mol. The first-order valence-electron chi connectivity index (χ1n) is 14.3. The number of nitrogens with one attached hydrogen (secondary N) is 2. The summed E-state index contributed by atoms with van der Waals surface area (Å²) in [6, 6.07) is 11.6. The Morgan fingerprint density at radius 3 is 2.45 bits per heavy atom. The van der Waals surface area contributed by atoms with Crippen LogP contribution in [0.5, 0.6) is 0 Å². The number of carbonyl (C=O) groups is 1. The SMILES string of the molecule is NC(=O)C1CCC(n2c(Nc3c(F)cc(F)cc3F)nc3cnc(N[C@@H]4CCCN(Cc5ccccc5)C4)nc32)CC1. The summed E-state index contributed by atoms with van der Waals surface area (Å²) in [4.78, 5) is 28.0. The number of hydrogen-bond donors (Lipinski definition) is 3. The molecule has 4 aromatic rings. The summed E-state index contributed by atoms with van der Waals surface area (Å²) in [5.41, 5.74) is 7.24. The Balaban J connectivity index is 1.28. The van der Waals surface area contributed by atoms with Crippen molar-refractivity contribution in [2.75, 3.05) is 23.7 Å². The van der Waals surface area contributed by atoms with E-state index in [1.165, 1.54) is 5.56 Å². The monoisotopic (exact) mass is 578 g/mol. The number of imidazole rings is 1. The summed E-state index contributed by atoms with van der Waals surface area (Å²) in [5, 5.41) is 6.21. The number of amides is 1. The van der Waals surface area contributed by atoms with E-state index in [0.717, 1.165) is 32.5 Å². The van der Waals surface area contributed by atoms with Crippen LogP contribution in [-0.4, -0.2) is 49.5 Å². The van der Waals surface area contributed by atoms with E-state index in [4.69, 9.17) is 10.7 Å². The first kappa shape index (κ1) is 28.0. The lowest BCUT2D eigenvalue weighted by Crippen LogP contribution is -2.41. The Kier molecular flexibility index (Phi) is 7.96. The van der Waals surface area contributed by atoms with Crippen molar-refractivity contribution < 1.29 is 18.0 Å². The summed E-state index contributed by atoms with van der Waals surface area (Å²) in [5.74, 6) is -3.12. The maximum atomic E-state index is 14.6. The number of hydrogen-bond acceptors (Lipinski definition) is 7. The van der Waals surface area contributed by atoms with Gasteiger partial charge in [-0.3, -0.25) is 14.3 Å². The Morgan fingerprint density at radius 1 is 1.00 bits per heavy atom. The predicted molar refractivity (Wildman–Crippen MR) is 153 cm³/mol. The molecular weight excluding hydrogens is 545 g/mol. The van der Waals surface area contributed by atoms with Crippen LogP contribution in [-0.2, 0) is 11.3 Å². The molecule has 0 unspecified atom stereocenters. The normalized spacial score (nSPS) is 21.4. The Hall–Kier alpha value is -4.19. The van der Waals surface area contributed by atoms with Gasteiger partial charge in [-0.1, -0.05) is 30.3 Å². The number of primary amides is 1. The molecule has 2 aromatic heterocycles. The number of piperidine rings is 1. The number of likely N-dealkylation sites (tertiary alicyclic amines) is 1. The lowest BCUT2D eigenvalue weighted by atomic mass is 9.85. The van der Waals surface area contributed by atoms with E-state index in [2.05, 4.69) is 37.6 Å². The lowest BCUT2D eigenvalue weighted by Gasteiger charge is -2.33. The van der Waals surface area contributed by atoms with Crippen molar-refractivity contribution in [3.05, 3.63) is 71.7 Å². The van der Waals surface area contributed by atoms with E-state index in [9.17, 15) is 18.0 Å². The molecule has 4 N–H and O–H groups in total. The minimum atomic E-state index is -1.07. The molecule has 1 aliphatic carbocycles. The van der Waals surface area contributed by atoms with E-state index < -0.39 is 23.1 Å². The van der Waals surface area contributed by atoms with Gasteiger partial charge in [-0.2, -0.15) is 4.98 Å². The smallest absolute Gasteiger partial charge is 0.225 e. The van der Waals surface area contributed by atoms with Gasteiger partial charge in [0.1, 0.15) is 17.0 Å². The highest BCUT2D eigenvalue weighted by atomic mass is 19.1. The van der Waals surface area contributed by atoms with Gasteiger partial charge in [0.2, 0.25) is 17.8 Å². The third kappa shape index (κ3) is 6.03. The number of rotatable bonds is 8. The van der Waals surface area contributed by atoms with Gasteiger partial charge in [0.05, 0.1) is 6.20 Å². The molecule has 1 aliphatic heterocycles. The van der Waals surface area contributed by atoms with Crippen LogP contribution in [0.3, 0.4) is 0 Å². The molecule has 0 bridgehead atoms. The van der Waals surface area contributed by atoms with Crippen LogP contribution in [0.4, 0.5) is 30.8 Å². The van der Waals surface area contributed by atoms with Gasteiger partial charge in [-0.25, -0.2) is 23.1 Å². The van der Waals surface area contributed by atoms with Crippen molar-refractivity contribution in [1.29, 1.82) is 0 Å². The summed E-state index contributed by atoms with van der Waals surface area (Å²) < 4.78 is 44.5. The van der Waals surface area contributed by atoms with Crippen molar-refractivity contribution >= 4 is 34.7 Å². The average Bonchev–Trinajstić information content (AvgIpc) is 3.33. The molecule has 2 aliphatic rings. The number of fused-ring (bicyclic) bond motifs is 1. The number of carbonyl (C=O) groups excluding carboxylic acids is 1.